The first-order chi connectivity index (χ1) is 13.0. The predicted molar refractivity (Wildman–Crippen MR) is 106 cm³/mol. The molecule has 0 amide bonds. The van der Waals surface area contributed by atoms with Crippen LogP contribution in [0.25, 0.3) is 0 Å². The van der Waals surface area contributed by atoms with Crippen LogP contribution in [0.3, 0.4) is 0 Å². The maximum atomic E-state index is 11.0. The van der Waals surface area contributed by atoms with Gasteiger partial charge in [0, 0.05) is 24.6 Å². The number of nitrogens with zero attached hydrogens (tertiary/aromatic N) is 3. The topological polar surface area (TPSA) is 87.6 Å². The third kappa shape index (κ3) is 5.90. The smallest absolute Gasteiger partial charge is 0.306 e. The Morgan fingerprint density at radius 3 is 2.52 bits per heavy atom. The van der Waals surface area contributed by atoms with E-state index in [0.717, 1.165) is 35.5 Å². The standard InChI is InChI=1S/C19H23BrN4O3/c1-13(12-24-8-6-14(7-9-24)18(25)26)27-17-4-2-16(3-5-17)23-19-21-10-15(20)11-22-19/h2-5,10-11,13-14H,6-9,12H2,1H3,(H,25,26)(H,21,22,23). The number of hydrogen-bond donors (Lipinski definition) is 2. The van der Waals surface area contributed by atoms with Gasteiger partial charge in [-0.15, -0.1) is 0 Å². The van der Waals surface area contributed by atoms with Crippen LogP contribution in [0.2, 0.25) is 0 Å². The summed E-state index contributed by atoms with van der Waals surface area (Å²) in [6.45, 7) is 4.44. The molecular weight excluding hydrogens is 412 g/mol. The Bertz CT molecular complexity index is 747. The molecule has 1 aliphatic heterocycles. The zero-order valence-corrected chi connectivity index (χ0v) is 16.7. The molecule has 2 N–H and O–H groups in total. The maximum Gasteiger partial charge on any atom is 0.306 e. The Morgan fingerprint density at radius 2 is 1.93 bits per heavy atom. The van der Waals surface area contributed by atoms with Gasteiger partial charge in [0.05, 0.1) is 10.4 Å². The molecule has 1 aliphatic rings. The van der Waals surface area contributed by atoms with Crippen LogP contribution in [-0.4, -0.2) is 51.7 Å². The molecule has 1 aromatic heterocycles. The van der Waals surface area contributed by atoms with Gasteiger partial charge in [0.25, 0.3) is 0 Å². The summed E-state index contributed by atoms with van der Waals surface area (Å²) in [5.74, 6) is 0.448. The predicted octanol–water partition coefficient (Wildman–Crippen LogP) is 3.55. The van der Waals surface area contributed by atoms with Crippen LogP contribution >= 0.6 is 15.9 Å². The number of anilines is 2. The van der Waals surface area contributed by atoms with Crippen molar-refractivity contribution in [2.75, 3.05) is 25.0 Å². The van der Waals surface area contributed by atoms with Gasteiger partial charge in [-0.25, -0.2) is 9.97 Å². The third-order valence-corrected chi connectivity index (χ3v) is 4.93. The minimum absolute atomic E-state index is 0.0278. The quantitative estimate of drug-likeness (QED) is 0.688. The monoisotopic (exact) mass is 434 g/mol. The van der Waals surface area contributed by atoms with Crippen molar-refractivity contribution in [3.63, 3.8) is 0 Å². The normalized spacial score (nSPS) is 16.7. The van der Waals surface area contributed by atoms with E-state index in [1.165, 1.54) is 0 Å². The fourth-order valence-electron chi connectivity index (χ4n) is 3.12. The first-order valence-electron chi connectivity index (χ1n) is 8.96. The Morgan fingerprint density at radius 1 is 1.30 bits per heavy atom. The van der Waals surface area contributed by atoms with Crippen molar-refractivity contribution >= 4 is 33.5 Å². The van der Waals surface area contributed by atoms with Gasteiger partial charge >= 0.3 is 5.97 Å². The number of carbonyl (C=O) groups is 1. The third-order valence-electron chi connectivity index (χ3n) is 4.52. The highest BCUT2D eigenvalue weighted by molar-refractivity contribution is 9.10. The van der Waals surface area contributed by atoms with Crippen LogP contribution in [0.5, 0.6) is 5.75 Å². The molecule has 1 atom stereocenters. The number of benzene rings is 1. The molecular formula is C19H23BrN4O3. The summed E-state index contributed by atoms with van der Waals surface area (Å²) in [4.78, 5) is 21.7. The summed E-state index contributed by atoms with van der Waals surface area (Å²) in [7, 11) is 0. The zero-order chi connectivity index (χ0) is 19.2. The van der Waals surface area contributed by atoms with Crippen molar-refractivity contribution in [3.8, 4) is 5.75 Å². The molecule has 7 nitrogen and oxygen atoms in total. The summed E-state index contributed by atoms with van der Waals surface area (Å²) in [5.41, 5.74) is 0.882. The SMILES string of the molecule is CC(CN1CCC(C(=O)O)CC1)Oc1ccc(Nc2ncc(Br)cn2)cc1. The molecule has 8 heteroatoms. The lowest BCUT2D eigenvalue weighted by Gasteiger charge is -2.31. The van der Waals surface area contributed by atoms with Crippen LogP contribution in [0.1, 0.15) is 19.8 Å². The molecule has 2 heterocycles. The number of likely N-dealkylation sites (tertiary alicyclic amines) is 1. The van der Waals surface area contributed by atoms with Crippen LogP contribution < -0.4 is 10.1 Å². The number of piperidine rings is 1. The number of aliphatic carboxylic acids is 1. The Kier molecular flexibility index (Phi) is 6.63. The van der Waals surface area contributed by atoms with Gasteiger partial charge in [0.15, 0.2) is 0 Å². The lowest BCUT2D eigenvalue weighted by molar-refractivity contribution is -0.143. The summed E-state index contributed by atoms with van der Waals surface area (Å²) in [6.07, 6.45) is 4.82. The number of nitrogens with one attached hydrogen (secondary N) is 1. The van der Waals surface area contributed by atoms with Gasteiger partial charge in [0.2, 0.25) is 5.95 Å². The molecule has 1 aromatic carbocycles. The first kappa shape index (κ1) is 19.6. The van der Waals surface area contributed by atoms with Crippen molar-refractivity contribution in [2.45, 2.75) is 25.9 Å². The lowest BCUT2D eigenvalue weighted by Crippen LogP contribution is -2.41. The van der Waals surface area contributed by atoms with Crippen molar-refractivity contribution in [3.05, 3.63) is 41.1 Å². The second-order valence-electron chi connectivity index (χ2n) is 6.72. The molecule has 1 fully saturated rings. The fraction of sp³-hybridized carbons (Fsp3) is 0.421. The zero-order valence-electron chi connectivity index (χ0n) is 15.1. The van der Waals surface area contributed by atoms with Crippen molar-refractivity contribution in [1.29, 1.82) is 0 Å². The van der Waals surface area contributed by atoms with Crippen LogP contribution in [0.15, 0.2) is 41.1 Å². The first-order valence-corrected chi connectivity index (χ1v) is 9.75. The average molecular weight is 435 g/mol. The number of halogens is 1. The van der Waals surface area contributed by atoms with E-state index < -0.39 is 5.97 Å². The van der Waals surface area contributed by atoms with E-state index in [1.807, 2.05) is 31.2 Å². The molecule has 0 radical (unpaired) electrons. The fourth-order valence-corrected chi connectivity index (χ4v) is 3.32. The van der Waals surface area contributed by atoms with Gasteiger partial charge in [-0.2, -0.15) is 0 Å². The molecule has 1 saturated heterocycles. The van der Waals surface area contributed by atoms with E-state index in [2.05, 4.69) is 36.1 Å². The van der Waals surface area contributed by atoms with Crippen LogP contribution in [0.4, 0.5) is 11.6 Å². The minimum Gasteiger partial charge on any atom is -0.489 e. The molecule has 0 spiro atoms. The largest absolute Gasteiger partial charge is 0.489 e. The molecule has 0 saturated carbocycles. The van der Waals surface area contributed by atoms with Crippen LogP contribution in [-0.2, 0) is 4.79 Å². The van der Waals surface area contributed by atoms with E-state index in [0.29, 0.717) is 18.8 Å². The average Bonchev–Trinajstić information content (AvgIpc) is 2.65. The molecule has 27 heavy (non-hydrogen) atoms. The van der Waals surface area contributed by atoms with E-state index in [1.54, 1.807) is 12.4 Å². The highest BCUT2D eigenvalue weighted by Gasteiger charge is 2.25. The summed E-state index contributed by atoms with van der Waals surface area (Å²) < 4.78 is 6.82. The summed E-state index contributed by atoms with van der Waals surface area (Å²) in [6, 6.07) is 7.67. The van der Waals surface area contributed by atoms with E-state index in [4.69, 9.17) is 9.84 Å². The highest BCUT2D eigenvalue weighted by Crippen LogP contribution is 2.21. The van der Waals surface area contributed by atoms with Crippen molar-refractivity contribution < 1.29 is 14.6 Å². The number of ether oxygens (including phenoxy) is 1. The maximum absolute atomic E-state index is 11.0. The van der Waals surface area contributed by atoms with Crippen LogP contribution in [0, 0.1) is 5.92 Å². The molecule has 1 unspecified atom stereocenters. The number of rotatable bonds is 7. The number of hydrogen-bond acceptors (Lipinski definition) is 6. The number of aromatic nitrogens is 2. The Balaban J connectivity index is 1.46. The number of carboxylic acids is 1. The molecule has 144 valence electrons. The molecule has 0 aliphatic carbocycles. The van der Waals surface area contributed by atoms with Gasteiger partial charge in [0.1, 0.15) is 11.9 Å². The summed E-state index contributed by atoms with van der Waals surface area (Å²) >= 11 is 3.31. The van der Waals surface area contributed by atoms with Gasteiger partial charge in [-0.1, -0.05) is 0 Å². The molecule has 0 bridgehead atoms. The lowest BCUT2D eigenvalue weighted by atomic mass is 9.97. The van der Waals surface area contributed by atoms with E-state index >= 15 is 0 Å². The van der Waals surface area contributed by atoms with E-state index in [-0.39, 0.29) is 12.0 Å². The number of carboxylic acid groups (broad SMARTS) is 1. The second kappa shape index (κ2) is 9.14. The van der Waals surface area contributed by atoms with Gasteiger partial charge in [-0.3, -0.25) is 9.69 Å². The summed E-state index contributed by atoms with van der Waals surface area (Å²) in [5, 5.41) is 12.2. The molecule has 3 rings (SSSR count). The van der Waals surface area contributed by atoms with Gasteiger partial charge in [-0.05, 0) is 73.1 Å². The van der Waals surface area contributed by atoms with Gasteiger partial charge < -0.3 is 15.2 Å². The second-order valence-corrected chi connectivity index (χ2v) is 7.63. The minimum atomic E-state index is -0.679. The Hall–Kier alpha value is -2.19. The Labute approximate surface area is 166 Å². The highest BCUT2D eigenvalue weighted by atomic mass is 79.9. The van der Waals surface area contributed by atoms with Crippen molar-refractivity contribution in [1.82, 2.24) is 14.9 Å². The van der Waals surface area contributed by atoms with E-state index in [9.17, 15) is 4.79 Å². The molecule has 2 aromatic rings. The van der Waals surface area contributed by atoms with Crippen molar-refractivity contribution in [2.24, 2.45) is 5.92 Å².